The van der Waals surface area contributed by atoms with Crippen molar-refractivity contribution in [1.29, 1.82) is 0 Å². The van der Waals surface area contributed by atoms with E-state index in [0.29, 0.717) is 38.8 Å². The second kappa shape index (κ2) is 11.3. The van der Waals surface area contributed by atoms with Crippen molar-refractivity contribution >= 4 is 50.0 Å². The molecule has 4 aromatic rings. The molecule has 0 fully saturated rings. The Hall–Kier alpha value is -2.07. The number of ether oxygens (including phenoxy) is 1. The van der Waals surface area contributed by atoms with Gasteiger partial charge in [0.15, 0.2) is 0 Å². The van der Waals surface area contributed by atoms with Crippen LogP contribution in [0.25, 0.3) is 15.6 Å². The van der Waals surface area contributed by atoms with Crippen LogP contribution in [-0.4, -0.2) is 25.1 Å². The molecule has 0 saturated carbocycles. The monoisotopic (exact) mass is 542 g/mol. The van der Waals surface area contributed by atoms with Gasteiger partial charge in [0.05, 0.1) is 22.5 Å². The van der Waals surface area contributed by atoms with Gasteiger partial charge < -0.3 is 18.8 Å². The minimum atomic E-state index is -3.82. The molecule has 0 spiro atoms. The second-order valence-electron chi connectivity index (χ2n) is 7.59. The van der Waals surface area contributed by atoms with Crippen molar-refractivity contribution in [1.82, 2.24) is 4.57 Å². The summed E-state index contributed by atoms with van der Waals surface area (Å²) < 4.78 is 48.0. The minimum absolute atomic E-state index is 0. The molecule has 0 aliphatic heterocycles. The average Bonchev–Trinajstić information content (AvgIpc) is 3.16. The molecule has 11 heteroatoms. The van der Waals surface area contributed by atoms with Gasteiger partial charge in [-0.15, -0.1) is 0 Å². The van der Waals surface area contributed by atoms with Crippen LogP contribution in [0.5, 0.6) is 5.75 Å². The molecule has 1 aromatic heterocycles. The fraction of sp³-hybridized carbons (Fsp3) is 0.125. The maximum Gasteiger partial charge on any atom is 1.00 e. The molecule has 1 amide bonds. The number of aromatic nitrogens is 1. The number of halogens is 3. The van der Waals surface area contributed by atoms with E-state index in [2.05, 4.69) is 4.72 Å². The molecule has 0 aliphatic rings. The molecule has 1 heterocycles. The normalized spacial score (nSPS) is 11.2. The molecule has 0 atom stereocenters. The van der Waals surface area contributed by atoms with Gasteiger partial charge in [-0.25, -0.2) is 12.8 Å². The average molecular weight is 543 g/mol. The van der Waals surface area contributed by atoms with Gasteiger partial charge in [0.2, 0.25) is 0 Å². The molecule has 0 radical (unpaired) electrons. The maximum absolute atomic E-state index is 14.1. The summed E-state index contributed by atoms with van der Waals surface area (Å²) in [4.78, 5) is 12.4. The van der Waals surface area contributed by atoms with E-state index in [9.17, 15) is 17.6 Å². The number of carbonyl (C=O) groups is 1. The Labute approximate surface area is 234 Å². The van der Waals surface area contributed by atoms with Crippen LogP contribution in [0.15, 0.2) is 66.9 Å². The number of hydrogen-bond acceptors (Lipinski definition) is 4. The van der Waals surface area contributed by atoms with E-state index in [1.165, 1.54) is 12.1 Å². The Balaban J connectivity index is 0.00000342. The molecule has 0 N–H and O–H groups in total. The van der Waals surface area contributed by atoms with Gasteiger partial charge in [0.25, 0.3) is 0 Å². The first-order valence-electron chi connectivity index (χ1n) is 10.0. The summed E-state index contributed by atoms with van der Waals surface area (Å²) in [5.41, 5.74) is 1.97. The number of benzene rings is 3. The number of rotatable bonds is 7. The van der Waals surface area contributed by atoms with E-state index in [-0.39, 0.29) is 41.7 Å². The van der Waals surface area contributed by atoms with Crippen molar-refractivity contribution in [3.63, 3.8) is 0 Å². The quantitative estimate of drug-likeness (QED) is 0.336. The van der Waals surface area contributed by atoms with Gasteiger partial charge in [-0.2, -0.15) is 0 Å². The molecule has 0 saturated heterocycles. The van der Waals surface area contributed by atoms with E-state index in [1.54, 1.807) is 54.7 Å². The Morgan fingerprint density at radius 3 is 2.46 bits per heavy atom. The standard InChI is InChI=1S/C24H19Cl2FN2O4S.Na/c1-34(31,32)28-24(30)20-3-2-4-22-19(20)9-10-29(22)13-16-11-17(25)7-8-23(16)33-14-15-5-6-18(26)12-21(15)27;/h2-12H,13-14H2,1H3,(H,28,30);/q;+1/p-1. The third-order valence-corrected chi connectivity index (χ3v) is 6.02. The molecule has 35 heavy (non-hydrogen) atoms. The van der Waals surface area contributed by atoms with Gasteiger partial charge in [0.1, 0.15) is 18.2 Å². The van der Waals surface area contributed by atoms with Gasteiger partial charge in [-0.05, 0) is 42.5 Å². The predicted molar refractivity (Wildman–Crippen MR) is 131 cm³/mol. The molecule has 176 valence electrons. The van der Waals surface area contributed by atoms with Crippen LogP contribution < -0.4 is 34.3 Å². The number of nitrogens with zero attached hydrogens (tertiary/aromatic N) is 2. The molecule has 4 rings (SSSR count). The molecule has 0 bridgehead atoms. The van der Waals surface area contributed by atoms with Crippen LogP contribution in [0.1, 0.15) is 21.5 Å². The SMILES string of the molecule is CS(=O)(=O)[N-]C(=O)c1cccc2c1ccn2Cc1cc(Cl)ccc1OCc1ccc(Cl)cc1F.[Na+]. The number of fused-ring (bicyclic) bond motifs is 1. The smallest absolute Gasteiger partial charge is 0.542 e. The molecule has 6 nitrogen and oxygen atoms in total. The van der Waals surface area contributed by atoms with Crippen LogP contribution in [0, 0.1) is 5.82 Å². The summed E-state index contributed by atoms with van der Waals surface area (Å²) in [6, 6.07) is 16.2. The summed E-state index contributed by atoms with van der Waals surface area (Å²) in [5, 5.41) is 1.36. The first-order valence-corrected chi connectivity index (χ1v) is 12.6. The van der Waals surface area contributed by atoms with Crippen LogP contribution in [0.2, 0.25) is 10.0 Å². The van der Waals surface area contributed by atoms with E-state index >= 15 is 0 Å². The van der Waals surface area contributed by atoms with Crippen LogP contribution >= 0.6 is 23.2 Å². The number of carbonyl (C=O) groups excluding carboxylic acids is 1. The van der Waals surface area contributed by atoms with Crippen molar-refractivity contribution in [2.24, 2.45) is 0 Å². The van der Waals surface area contributed by atoms with Crippen LogP contribution in [0.4, 0.5) is 4.39 Å². The summed E-state index contributed by atoms with van der Waals surface area (Å²) >= 11 is 12.0. The van der Waals surface area contributed by atoms with E-state index < -0.39 is 21.7 Å². The van der Waals surface area contributed by atoms with Crippen LogP contribution in [0.3, 0.4) is 0 Å². The van der Waals surface area contributed by atoms with Gasteiger partial charge in [-0.3, -0.25) is 0 Å². The Morgan fingerprint density at radius 2 is 1.74 bits per heavy atom. The summed E-state index contributed by atoms with van der Waals surface area (Å²) in [6.07, 6.45) is 2.64. The summed E-state index contributed by atoms with van der Waals surface area (Å²) in [6.45, 7) is 0.332. The zero-order chi connectivity index (χ0) is 24.5. The first kappa shape index (κ1) is 27.5. The second-order valence-corrected chi connectivity index (χ2v) is 10.1. The van der Waals surface area contributed by atoms with E-state index in [1.807, 2.05) is 4.57 Å². The number of hydrogen-bond donors (Lipinski definition) is 0. The predicted octanol–water partition coefficient (Wildman–Crippen LogP) is 3.19. The topological polar surface area (TPSA) is 79.5 Å². The fourth-order valence-electron chi connectivity index (χ4n) is 3.54. The third kappa shape index (κ3) is 6.78. The largest absolute Gasteiger partial charge is 1.00 e. The van der Waals surface area contributed by atoms with Crippen LogP contribution in [-0.2, 0) is 23.2 Å². The Kier molecular flexibility index (Phi) is 8.91. The fourth-order valence-corrected chi connectivity index (χ4v) is 4.29. The van der Waals surface area contributed by atoms with E-state index in [4.69, 9.17) is 27.9 Å². The van der Waals surface area contributed by atoms with Gasteiger partial charge in [0, 0.05) is 50.1 Å². The van der Waals surface area contributed by atoms with Crippen molar-refractivity contribution in [3.8, 4) is 5.75 Å². The van der Waals surface area contributed by atoms with Gasteiger partial charge in [-0.1, -0.05) is 41.4 Å². The molecule has 3 aromatic carbocycles. The van der Waals surface area contributed by atoms with E-state index in [0.717, 1.165) is 11.8 Å². The van der Waals surface area contributed by atoms with Gasteiger partial charge >= 0.3 is 29.6 Å². The first-order chi connectivity index (χ1) is 16.1. The van der Waals surface area contributed by atoms with Crippen molar-refractivity contribution < 1.29 is 51.9 Å². The molecular weight excluding hydrogens is 525 g/mol. The Bertz CT molecular complexity index is 1510. The number of amides is 1. The summed E-state index contributed by atoms with van der Waals surface area (Å²) in [5.74, 6) is -0.779. The maximum atomic E-state index is 14.1. The zero-order valence-electron chi connectivity index (χ0n) is 18.8. The zero-order valence-corrected chi connectivity index (χ0v) is 23.2. The Morgan fingerprint density at radius 1 is 1.03 bits per heavy atom. The molecular formula is C24H18Cl2FN2NaO4S. The molecule has 0 unspecified atom stereocenters. The third-order valence-electron chi connectivity index (χ3n) is 5.05. The van der Waals surface area contributed by atoms with Crippen molar-refractivity contribution in [3.05, 3.63) is 104 Å². The number of sulfonamides is 1. The molecule has 0 aliphatic carbocycles. The minimum Gasteiger partial charge on any atom is -0.542 e. The van der Waals surface area contributed by atoms with Crippen molar-refractivity contribution in [2.75, 3.05) is 6.26 Å². The summed E-state index contributed by atoms with van der Waals surface area (Å²) in [7, 11) is -3.82. The van der Waals surface area contributed by atoms with Crippen molar-refractivity contribution in [2.45, 2.75) is 13.2 Å².